The number of rotatable bonds is 3. The molecule has 0 saturated heterocycles. The summed E-state index contributed by atoms with van der Waals surface area (Å²) >= 11 is -4.87. The Hall–Kier alpha value is -1.27. The van der Waals surface area contributed by atoms with Crippen molar-refractivity contribution in [2.45, 2.75) is 0 Å². The van der Waals surface area contributed by atoms with E-state index in [9.17, 15) is 8.53 Å². The Morgan fingerprint density at radius 2 is 1.88 bits per heavy atom. The Bertz CT molecular complexity index is 411. The van der Waals surface area contributed by atoms with Crippen LogP contribution in [0, 0.1) is 0 Å². The van der Waals surface area contributed by atoms with Crippen LogP contribution in [0.5, 0.6) is 0 Å². The Labute approximate surface area is 93.7 Å². The van der Waals surface area contributed by atoms with Gasteiger partial charge in [-0.1, -0.05) is 0 Å². The number of carbonyl (C=O) groups is 1. The summed E-state index contributed by atoms with van der Waals surface area (Å²) in [6, 6.07) is 5.09. The molecule has 0 aliphatic heterocycles. The zero-order chi connectivity index (χ0) is 12.2. The number of aliphatic hydroxyl groups is 1. The van der Waals surface area contributed by atoms with Crippen molar-refractivity contribution in [1.29, 1.82) is 0 Å². The van der Waals surface area contributed by atoms with Crippen molar-refractivity contribution in [1.82, 2.24) is 0 Å². The van der Waals surface area contributed by atoms with Gasteiger partial charge in [-0.15, -0.1) is 0 Å². The molecule has 0 heterocycles. The van der Waals surface area contributed by atoms with Gasteiger partial charge in [0.2, 0.25) is 0 Å². The summed E-state index contributed by atoms with van der Waals surface area (Å²) in [7, 11) is 0. The number of ether oxygens (including phenoxy) is 1. The second kappa shape index (κ2) is 5.18. The molecule has 0 aliphatic rings. The molecule has 0 fully saturated rings. The molecule has 0 radical (unpaired) electrons. The predicted octanol–water partition coefficient (Wildman–Crippen LogP) is -1.25. The molecule has 16 heavy (non-hydrogen) atoms. The zero-order valence-electron chi connectivity index (χ0n) is 8.03. The molecule has 1 aromatic rings. The van der Waals surface area contributed by atoms with Crippen molar-refractivity contribution < 1.29 is 26.6 Å². The van der Waals surface area contributed by atoms with Crippen LogP contribution in [0.1, 0.15) is 0 Å². The Kier molecular flexibility index (Phi) is 4.14. The topological polar surface area (TPSA) is 116 Å². The maximum absolute atomic E-state index is 10.9. The summed E-state index contributed by atoms with van der Waals surface area (Å²) in [6.45, 7) is -0.741. The van der Waals surface area contributed by atoms with Crippen LogP contribution in [0.2, 0.25) is 0 Å². The third-order valence-corrected chi connectivity index (χ3v) is 3.68. The van der Waals surface area contributed by atoms with Gasteiger partial charge < -0.3 is 0 Å². The van der Waals surface area contributed by atoms with Gasteiger partial charge in [0.25, 0.3) is 0 Å². The summed E-state index contributed by atoms with van der Waals surface area (Å²) in [5, 5.41) is 10.5. The molecule has 0 saturated carbocycles. The van der Waals surface area contributed by atoms with Crippen LogP contribution in [-0.4, -0.2) is 40.4 Å². The van der Waals surface area contributed by atoms with Crippen molar-refractivity contribution in [2.24, 2.45) is 0 Å². The predicted molar refractivity (Wildman–Crippen MR) is 54.1 cm³/mol. The van der Waals surface area contributed by atoms with Crippen molar-refractivity contribution >= 4 is 30.3 Å². The number of anilines is 1. The second-order valence-electron chi connectivity index (χ2n) is 2.78. The fourth-order valence-electron chi connectivity index (χ4n) is 0.952. The molecule has 1 rings (SSSR count). The molecule has 4 N–H and O–H groups in total. The van der Waals surface area contributed by atoms with Crippen LogP contribution < -0.4 is 9.67 Å². The van der Waals surface area contributed by atoms with Crippen molar-refractivity contribution in [3.8, 4) is 0 Å². The van der Waals surface area contributed by atoms with Crippen molar-refractivity contribution in [3.63, 3.8) is 0 Å². The molecule has 0 spiro atoms. The fourth-order valence-corrected chi connectivity index (χ4v) is 2.08. The Balaban J connectivity index is 2.72. The molecule has 1 amide bonds. The minimum atomic E-state index is -4.87. The first-order valence-corrected chi connectivity index (χ1v) is 7.52. The maximum atomic E-state index is 10.9. The van der Waals surface area contributed by atoms with Crippen molar-refractivity contribution in [2.75, 3.05) is 12.1 Å². The third kappa shape index (κ3) is 3.71. The first kappa shape index (κ1) is 12.8. The van der Waals surface area contributed by atoms with Gasteiger partial charge in [0, 0.05) is 0 Å². The van der Waals surface area contributed by atoms with Crippen LogP contribution in [0.25, 0.3) is 0 Å². The van der Waals surface area contributed by atoms with E-state index < -0.39 is 27.1 Å². The molecule has 0 aliphatic carbocycles. The number of hydrogen-bond donors (Lipinski definition) is 4. The van der Waals surface area contributed by atoms with Crippen LogP contribution in [0.4, 0.5) is 10.5 Å². The molecule has 88 valence electrons. The van der Waals surface area contributed by atoms with Gasteiger partial charge in [-0.05, 0) is 0 Å². The van der Waals surface area contributed by atoms with E-state index in [1.807, 2.05) is 0 Å². The summed E-state index contributed by atoms with van der Waals surface area (Å²) in [6.07, 6.45) is -0.850. The molecule has 0 bridgehead atoms. The molecular weight excluding hydrogens is 281 g/mol. The van der Waals surface area contributed by atoms with E-state index in [2.05, 4.69) is 10.1 Å². The van der Waals surface area contributed by atoms with Crippen LogP contribution in [0.3, 0.4) is 0 Å². The molecule has 0 atom stereocenters. The second-order valence-corrected chi connectivity index (χ2v) is 6.14. The zero-order valence-corrected chi connectivity index (χ0v) is 9.91. The number of carbonyl (C=O) groups excluding carboxylic acids is 1. The molecular formula is C8H10AsNO6. The van der Waals surface area contributed by atoms with Gasteiger partial charge in [-0.2, -0.15) is 0 Å². The first-order chi connectivity index (χ1) is 7.43. The minimum absolute atomic E-state index is 0.0841. The average Bonchev–Trinajstić information content (AvgIpc) is 2.17. The van der Waals surface area contributed by atoms with Gasteiger partial charge in [-0.25, -0.2) is 0 Å². The SMILES string of the molecule is O=C(Nc1ccc([As](=O)(O)O)cc1)OCO. The van der Waals surface area contributed by atoms with Crippen molar-refractivity contribution in [3.05, 3.63) is 24.3 Å². The molecule has 0 unspecified atom stereocenters. The van der Waals surface area contributed by atoms with E-state index in [0.29, 0.717) is 5.69 Å². The monoisotopic (exact) mass is 291 g/mol. The van der Waals surface area contributed by atoms with E-state index in [4.69, 9.17) is 13.3 Å². The van der Waals surface area contributed by atoms with Gasteiger partial charge in [0.05, 0.1) is 0 Å². The van der Waals surface area contributed by atoms with Gasteiger partial charge in [0.15, 0.2) is 0 Å². The van der Waals surface area contributed by atoms with Gasteiger partial charge in [0.1, 0.15) is 0 Å². The van der Waals surface area contributed by atoms with Gasteiger partial charge in [-0.3, -0.25) is 0 Å². The summed E-state index contributed by atoms with van der Waals surface area (Å²) in [5.41, 5.74) is 0.311. The molecule has 7 nitrogen and oxygen atoms in total. The van der Waals surface area contributed by atoms with Gasteiger partial charge >= 0.3 is 93.2 Å². The van der Waals surface area contributed by atoms with Crippen LogP contribution >= 0.6 is 0 Å². The number of hydrogen-bond acceptors (Lipinski definition) is 4. The number of nitrogens with one attached hydrogen (secondary N) is 1. The molecule has 0 aromatic heterocycles. The van der Waals surface area contributed by atoms with Crippen LogP contribution in [0.15, 0.2) is 24.3 Å². The third-order valence-electron chi connectivity index (χ3n) is 1.65. The normalized spacial score (nSPS) is 10.9. The first-order valence-electron chi connectivity index (χ1n) is 4.14. The van der Waals surface area contributed by atoms with E-state index in [-0.39, 0.29) is 4.35 Å². The molecule has 1 aromatic carbocycles. The summed E-state index contributed by atoms with van der Waals surface area (Å²) < 4.78 is 32.7. The standard InChI is InChI=1S/C8H10AsNO6/c11-5-16-8(12)10-7-3-1-6(2-4-7)9(13,14)15/h1-4,11H,5H2,(H,10,12)(H2,13,14,15). The Morgan fingerprint density at radius 1 is 1.31 bits per heavy atom. The Morgan fingerprint density at radius 3 is 2.31 bits per heavy atom. The number of amides is 1. The quantitative estimate of drug-likeness (QED) is 0.408. The van der Waals surface area contributed by atoms with E-state index in [0.717, 1.165) is 0 Å². The van der Waals surface area contributed by atoms with E-state index in [1.54, 1.807) is 0 Å². The molecule has 8 heteroatoms. The fraction of sp³-hybridized carbons (Fsp3) is 0.125. The number of benzene rings is 1. The average molecular weight is 291 g/mol. The number of aliphatic hydroxyl groups excluding tert-OH is 1. The van der Waals surface area contributed by atoms with Crippen LogP contribution in [-0.2, 0) is 8.48 Å². The van der Waals surface area contributed by atoms with E-state index >= 15 is 0 Å². The summed E-state index contributed by atoms with van der Waals surface area (Å²) in [4.78, 5) is 10.9. The summed E-state index contributed by atoms with van der Waals surface area (Å²) in [5.74, 6) is 0. The van der Waals surface area contributed by atoms with E-state index in [1.165, 1.54) is 24.3 Å².